The number of rotatable bonds is 7. The van der Waals surface area contributed by atoms with Crippen molar-refractivity contribution in [3.63, 3.8) is 0 Å². The van der Waals surface area contributed by atoms with E-state index in [1.807, 2.05) is 0 Å². The molecule has 6 nitrogen and oxygen atoms in total. The minimum absolute atomic E-state index is 0.00260. The first kappa shape index (κ1) is 22.3. The van der Waals surface area contributed by atoms with Gasteiger partial charge in [-0.05, 0) is 24.6 Å². The zero-order chi connectivity index (χ0) is 21.5. The van der Waals surface area contributed by atoms with Gasteiger partial charge in [-0.2, -0.15) is 0 Å². The molecule has 0 spiro atoms. The molecule has 1 aliphatic heterocycles. The quantitative estimate of drug-likeness (QED) is 0.736. The fourth-order valence-electron chi connectivity index (χ4n) is 3.54. The predicted molar refractivity (Wildman–Crippen MR) is 121 cm³/mol. The molecule has 0 saturated carbocycles. The Balaban J connectivity index is 1.40. The predicted octanol–water partition coefficient (Wildman–Crippen LogP) is 2.86. The lowest BCUT2D eigenvalue weighted by Gasteiger charge is -2.35. The zero-order valence-electron chi connectivity index (χ0n) is 17.6. The van der Waals surface area contributed by atoms with Crippen LogP contribution in [0.3, 0.4) is 0 Å². The summed E-state index contributed by atoms with van der Waals surface area (Å²) in [7, 11) is 1.66. The Morgan fingerprint density at radius 1 is 1.03 bits per heavy atom. The number of halogens is 1. The van der Waals surface area contributed by atoms with Crippen LogP contribution in [0.5, 0.6) is 0 Å². The van der Waals surface area contributed by atoms with Crippen molar-refractivity contribution >= 4 is 29.1 Å². The molecule has 7 heteroatoms. The van der Waals surface area contributed by atoms with Gasteiger partial charge in [-0.15, -0.1) is 0 Å². The third-order valence-electron chi connectivity index (χ3n) is 5.27. The van der Waals surface area contributed by atoms with Crippen LogP contribution in [-0.4, -0.2) is 72.8 Å². The third kappa shape index (κ3) is 6.55. The van der Waals surface area contributed by atoms with Gasteiger partial charge in [-0.1, -0.05) is 53.6 Å². The van der Waals surface area contributed by atoms with Crippen molar-refractivity contribution in [1.82, 2.24) is 14.7 Å². The van der Waals surface area contributed by atoms with E-state index in [0.29, 0.717) is 17.3 Å². The maximum Gasteiger partial charge on any atom is 0.244 e. The summed E-state index contributed by atoms with van der Waals surface area (Å²) in [5.41, 5.74) is 3.15. The molecule has 0 atom stereocenters. The fourth-order valence-corrected chi connectivity index (χ4v) is 3.73. The SMILES string of the molecule is Cc1cccc(CN2CCN(CC(=O)N(C)CC(=O)Nc3ccccc3Cl)CC2)c1. The Morgan fingerprint density at radius 3 is 2.43 bits per heavy atom. The van der Waals surface area contributed by atoms with Gasteiger partial charge in [0.1, 0.15) is 0 Å². The van der Waals surface area contributed by atoms with Crippen molar-refractivity contribution in [3.05, 3.63) is 64.7 Å². The molecule has 3 rings (SSSR count). The molecule has 1 aliphatic rings. The van der Waals surface area contributed by atoms with Gasteiger partial charge in [0.2, 0.25) is 11.8 Å². The van der Waals surface area contributed by atoms with E-state index in [1.54, 1.807) is 31.3 Å². The summed E-state index contributed by atoms with van der Waals surface area (Å²) in [5, 5.41) is 3.22. The molecule has 0 bridgehead atoms. The second kappa shape index (κ2) is 10.6. The van der Waals surface area contributed by atoms with Crippen LogP contribution < -0.4 is 5.32 Å². The summed E-state index contributed by atoms with van der Waals surface area (Å²) in [6, 6.07) is 15.6. The first-order valence-electron chi connectivity index (χ1n) is 10.2. The molecule has 0 radical (unpaired) electrons. The highest BCUT2D eigenvalue weighted by Gasteiger charge is 2.21. The molecular formula is C23H29ClN4O2. The highest BCUT2D eigenvalue weighted by Crippen LogP contribution is 2.20. The molecule has 30 heavy (non-hydrogen) atoms. The monoisotopic (exact) mass is 428 g/mol. The maximum absolute atomic E-state index is 12.5. The average Bonchev–Trinajstić information content (AvgIpc) is 2.71. The number of aryl methyl sites for hydroxylation is 1. The number of benzene rings is 2. The summed E-state index contributed by atoms with van der Waals surface area (Å²) >= 11 is 6.06. The number of carbonyl (C=O) groups excluding carboxylic acids is 2. The fraction of sp³-hybridized carbons (Fsp3) is 0.391. The van der Waals surface area contributed by atoms with Crippen LogP contribution in [0.25, 0.3) is 0 Å². The van der Waals surface area contributed by atoms with E-state index in [9.17, 15) is 9.59 Å². The van der Waals surface area contributed by atoms with Crippen LogP contribution in [-0.2, 0) is 16.1 Å². The van der Waals surface area contributed by atoms with Gasteiger partial charge in [0, 0.05) is 39.8 Å². The van der Waals surface area contributed by atoms with Crippen molar-refractivity contribution in [1.29, 1.82) is 0 Å². The van der Waals surface area contributed by atoms with Crippen LogP contribution in [0.1, 0.15) is 11.1 Å². The van der Waals surface area contributed by atoms with Crippen molar-refractivity contribution in [2.24, 2.45) is 0 Å². The van der Waals surface area contributed by atoms with Crippen LogP contribution in [0.15, 0.2) is 48.5 Å². The molecule has 2 aromatic carbocycles. The van der Waals surface area contributed by atoms with Crippen molar-refractivity contribution < 1.29 is 9.59 Å². The molecule has 1 N–H and O–H groups in total. The van der Waals surface area contributed by atoms with E-state index in [4.69, 9.17) is 11.6 Å². The zero-order valence-corrected chi connectivity index (χ0v) is 18.4. The Morgan fingerprint density at radius 2 is 1.73 bits per heavy atom. The maximum atomic E-state index is 12.5. The highest BCUT2D eigenvalue weighted by atomic mass is 35.5. The van der Waals surface area contributed by atoms with Gasteiger partial charge in [-0.3, -0.25) is 19.4 Å². The summed E-state index contributed by atoms with van der Waals surface area (Å²) in [6.07, 6.45) is 0. The molecule has 2 amide bonds. The number of piperazine rings is 1. The summed E-state index contributed by atoms with van der Waals surface area (Å²) in [6.45, 7) is 6.92. The van der Waals surface area contributed by atoms with Crippen LogP contribution in [0, 0.1) is 6.92 Å². The molecule has 1 fully saturated rings. The molecule has 0 aliphatic carbocycles. The first-order chi connectivity index (χ1) is 14.4. The number of nitrogens with one attached hydrogen (secondary N) is 1. The number of anilines is 1. The molecular weight excluding hydrogens is 400 g/mol. The van der Waals surface area contributed by atoms with Crippen LogP contribution in [0.4, 0.5) is 5.69 Å². The molecule has 0 aromatic heterocycles. The number of para-hydroxylation sites is 1. The van der Waals surface area contributed by atoms with E-state index in [-0.39, 0.29) is 18.4 Å². The Hall–Kier alpha value is -2.41. The summed E-state index contributed by atoms with van der Waals surface area (Å²) in [5.74, 6) is -0.321. The van der Waals surface area contributed by atoms with Gasteiger partial charge in [0.15, 0.2) is 0 Å². The number of carbonyl (C=O) groups is 2. The van der Waals surface area contributed by atoms with Crippen LogP contribution in [0.2, 0.25) is 5.02 Å². The highest BCUT2D eigenvalue weighted by molar-refractivity contribution is 6.33. The number of hydrogen-bond acceptors (Lipinski definition) is 4. The largest absolute Gasteiger partial charge is 0.335 e. The molecule has 0 unspecified atom stereocenters. The number of amides is 2. The number of hydrogen-bond donors (Lipinski definition) is 1. The first-order valence-corrected chi connectivity index (χ1v) is 10.6. The van der Waals surface area contributed by atoms with Gasteiger partial charge in [-0.25, -0.2) is 0 Å². The topological polar surface area (TPSA) is 55.9 Å². The van der Waals surface area contributed by atoms with E-state index >= 15 is 0 Å². The van der Waals surface area contributed by atoms with Gasteiger partial charge in [0.05, 0.1) is 23.8 Å². The van der Waals surface area contributed by atoms with Crippen molar-refractivity contribution in [2.45, 2.75) is 13.5 Å². The number of likely N-dealkylation sites (N-methyl/N-ethyl adjacent to an activating group) is 1. The minimum Gasteiger partial charge on any atom is -0.335 e. The lowest BCUT2D eigenvalue weighted by atomic mass is 10.1. The van der Waals surface area contributed by atoms with Crippen molar-refractivity contribution in [2.75, 3.05) is 51.6 Å². The molecule has 160 valence electrons. The normalized spacial score (nSPS) is 15.0. The van der Waals surface area contributed by atoms with Crippen LogP contribution >= 0.6 is 11.6 Å². The second-order valence-electron chi connectivity index (χ2n) is 7.82. The van der Waals surface area contributed by atoms with Gasteiger partial charge < -0.3 is 10.2 Å². The lowest BCUT2D eigenvalue weighted by Crippen LogP contribution is -2.49. The molecule has 1 saturated heterocycles. The summed E-state index contributed by atoms with van der Waals surface area (Å²) < 4.78 is 0. The molecule has 1 heterocycles. The average molecular weight is 429 g/mol. The number of nitrogens with zero attached hydrogens (tertiary/aromatic N) is 3. The molecule has 2 aromatic rings. The van der Waals surface area contributed by atoms with E-state index < -0.39 is 0 Å². The standard InChI is InChI=1S/C23H29ClN4O2/c1-18-6-5-7-19(14-18)15-27-10-12-28(13-11-27)17-23(30)26(2)16-22(29)25-21-9-4-3-8-20(21)24/h3-9,14H,10-13,15-17H2,1-2H3,(H,25,29). The Labute approximate surface area is 183 Å². The Kier molecular flexibility index (Phi) is 7.85. The Bertz CT molecular complexity index is 881. The smallest absolute Gasteiger partial charge is 0.244 e. The van der Waals surface area contributed by atoms with Gasteiger partial charge in [0.25, 0.3) is 0 Å². The van der Waals surface area contributed by atoms with Gasteiger partial charge >= 0.3 is 0 Å². The second-order valence-corrected chi connectivity index (χ2v) is 8.23. The summed E-state index contributed by atoms with van der Waals surface area (Å²) in [4.78, 5) is 30.8. The van der Waals surface area contributed by atoms with E-state index in [1.165, 1.54) is 16.0 Å². The van der Waals surface area contributed by atoms with Crippen molar-refractivity contribution in [3.8, 4) is 0 Å². The lowest BCUT2D eigenvalue weighted by molar-refractivity contribution is -0.134. The third-order valence-corrected chi connectivity index (χ3v) is 5.60. The minimum atomic E-state index is -0.262. The van der Waals surface area contributed by atoms with E-state index in [2.05, 4.69) is 46.3 Å². The van der Waals surface area contributed by atoms with E-state index in [0.717, 1.165) is 32.7 Å².